The third kappa shape index (κ3) is 7.34. The van der Waals surface area contributed by atoms with Crippen molar-refractivity contribution in [2.24, 2.45) is 0 Å². The first-order valence-electron chi connectivity index (χ1n) is 7.35. The van der Waals surface area contributed by atoms with Gasteiger partial charge in [0.2, 0.25) is 0 Å². The van der Waals surface area contributed by atoms with Crippen LogP contribution in [-0.2, 0) is 17.8 Å². The Balaban J connectivity index is 2.24. The van der Waals surface area contributed by atoms with Gasteiger partial charge in [-0.1, -0.05) is 31.2 Å². The van der Waals surface area contributed by atoms with E-state index in [9.17, 15) is 9.59 Å². The topological polar surface area (TPSA) is 78.4 Å². The third-order valence-corrected chi connectivity index (χ3v) is 3.29. The fourth-order valence-electron chi connectivity index (χ4n) is 1.98. The van der Waals surface area contributed by atoms with Crippen LogP contribution >= 0.6 is 0 Å². The fraction of sp³-hybridized carbons (Fsp3) is 0.500. The fourth-order valence-corrected chi connectivity index (χ4v) is 1.98. The van der Waals surface area contributed by atoms with Crippen LogP contribution in [0.25, 0.3) is 0 Å². The third-order valence-electron chi connectivity index (χ3n) is 3.29. The molecule has 21 heavy (non-hydrogen) atoms. The second-order valence-corrected chi connectivity index (χ2v) is 5.18. The molecular weight excluding hydrogens is 268 g/mol. The van der Waals surface area contributed by atoms with Crippen molar-refractivity contribution in [2.45, 2.75) is 52.1 Å². The summed E-state index contributed by atoms with van der Waals surface area (Å²) in [6.45, 7) is 4.46. The van der Waals surface area contributed by atoms with E-state index >= 15 is 0 Å². The molecule has 0 aromatic heterocycles. The number of urea groups is 1. The van der Waals surface area contributed by atoms with Crippen LogP contribution in [0, 0.1) is 0 Å². The highest BCUT2D eigenvalue weighted by atomic mass is 16.4. The number of aryl methyl sites for hydroxylation is 1. The van der Waals surface area contributed by atoms with Crippen molar-refractivity contribution < 1.29 is 14.7 Å². The summed E-state index contributed by atoms with van der Waals surface area (Å²) >= 11 is 0. The molecule has 0 heterocycles. The maximum absolute atomic E-state index is 11.7. The standard InChI is InChI=1S/C16H24N2O3/c1-3-13-7-9-14(10-8-13)11-17-16(21)18-12(2)5-4-6-15(19)20/h7-10,12H,3-6,11H2,1-2H3,(H,19,20)(H2,17,18,21). The van der Waals surface area contributed by atoms with Crippen molar-refractivity contribution in [2.75, 3.05) is 0 Å². The molecule has 0 fully saturated rings. The van der Waals surface area contributed by atoms with Gasteiger partial charge in [-0.15, -0.1) is 0 Å². The smallest absolute Gasteiger partial charge is 0.315 e. The number of benzene rings is 1. The van der Waals surface area contributed by atoms with E-state index in [0.29, 0.717) is 19.4 Å². The first kappa shape index (κ1) is 17.0. The molecule has 0 bridgehead atoms. The highest BCUT2D eigenvalue weighted by molar-refractivity contribution is 5.74. The van der Waals surface area contributed by atoms with Crippen molar-refractivity contribution in [1.29, 1.82) is 0 Å². The predicted octanol–water partition coefficient (Wildman–Crippen LogP) is 2.69. The molecule has 0 saturated carbocycles. The monoisotopic (exact) mass is 292 g/mol. The molecule has 0 aliphatic rings. The quantitative estimate of drug-likeness (QED) is 0.689. The van der Waals surface area contributed by atoms with E-state index in [1.54, 1.807) is 0 Å². The first-order valence-corrected chi connectivity index (χ1v) is 7.35. The zero-order valence-corrected chi connectivity index (χ0v) is 12.7. The number of hydrogen-bond donors (Lipinski definition) is 3. The summed E-state index contributed by atoms with van der Waals surface area (Å²) in [5, 5.41) is 14.2. The van der Waals surface area contributed by atoms with Gasteiger partial charge in [-0.05, 0) is 37.3 Å². The summed E-state index contributed by atoms with van der Waals surface area (Å²) in [5.74, 6) is -0.804. The molecule has 1 rings (SSSR count). The number of carbonyl (C=O) groups excluding carboxylic acids is 1. The molecular formula is C16H24N2O3. The number of rotatable bonds is 8. The molecule has 0 aliphatic heterocycles. The maximum Gasteiger partial charge on any atom is 0.315 e. The Labute approximate surface area is 125 Å². The molecule has 2 amide bonds. The lowest BCUT2D eigenvalue weighted by Crippen LogP contribution is -2.40. The lowest BCUT2D eigenvalue weighted by atomic mass is 10.1. The predicted molar refractivity (Wildman–Crippen MR) is 82.1 cm³/mol. The minimum atomic E-state index is -0.804. The van der Waals surface area contributed by atoms with Gasteiger partial charge in [-0.25, -0.2) is 4.79 Å². The Hall–Kier alpha value is -2.04. The van der Waals surface area contributed by atoms with E-state index in [-0.39, 0.29) is 18.5 Å². The van der Waals surface area contributed by atoms with Crippen LogP contribution in [0.4, 0.5) is 4.79 Å². The summed E-state index contributed by atoms with van der Waals surface area (Å²) in [6, 6.07) is 7.88. The van der Waals surface area contributed by atoms with E-state index in [2.05, 4.69) is 29.7 Å². The molecule has 0 radical (unpaired) electrons. The number of carboxylic acids is 1. The van der Waals surface area contributed by atoms with Crippen LogP contribution in [-0.4, -0.2) is 23.1 Å². The largest absolute Gasteiger partial charge is 0.481 e. The van der Waals surface area contributed by atoms with E-state index in [1.807, 2.05) is 19.1 Å². The summed E-state index contributed by atoms with van der Waals surface area (Å²) in [4.78, 5) is 22.1. The number of carbonyl (C=O) groups is 2. The van der Waals surface area contributed by atoms with Crippen LogP contribution in [0.3, 0.4) is 0 Å². The Morgan fingerprint density at radius 1 is 1.19 bits per heavy atom. The Morgan fingerprint density at radius 2 is 1.81 bits per heavy atom. The molecule has 116 valence electrons. The second-order valence-electron chi connectivity index (χ2n) is 5.18. The first-order chi connectivity index (χ1) is 10.0. The maximum atomic E-state index is 11.7. The minimum Gasteiger partial charge on any atom is -0.481 e. The van der Waals surface area contributed by atoms with Crippen molar-refractivity contribution in [3.63, 3.8) is 0 Å². The second kappa shape index (κ2) is 9.00. The van der Waals surface area contributed by atoms with Crippen molar-refractivity contribution in [1.82, 2.24) is 10.6 Å². The lowest BCUT2D eigenvalue weighted by molar-refractivity contribution is -0.137. The van der Waals surface area contributed by atoms with Crippen LogP contribution in [0.1, 0.15) is 44.2 Å². The van der Waals surface area contributed by atoms with E-state index < -0.39 is 5.97 Å². The van der Waals surface area contributed by atoms with Gasteiger partial charge in [0.1, 0.15) is 0 Å². The van der Waals surface area contributed by atoms with Gasteiger partial charge in [-0.3, -0.25) is 4.79 Å². The molecule has 1 unspecified atom stereocenters. The Morgan fingerprint density at radius 3 is 2.38 bits per heavy atom. The molecule has 0 spiro atoms. The summed E-state index contributed by atoms with van der Waals surface area (Å²) in [7, 11) is 0. The highest BCUT2D eigenvalue weighted by Crippen LogP contribution is 2.05. The van der Waals surface area contributed by atoms with Crippen LogP contribution in [0.15, 0.2) is 24.3 Å². The molecule has 3 N–H and O–H groups in total. The molecule has 0 saturated heterocycles. The Kier molecular flexibility index (Phi) is 7.29. The zero-order valence-electron chi connectivity index (χ0n) is 12.7. The molecule has 1 atom stereocenters. The van der Waals surface area contributed by atoms with Crippen molar-refractivity contribution in [3.05, 3.63) is 35.4 Å². The molecule has 5 nitrogen and oxygen atoms in total. The Bertz CT molecular complexity index is 457. The van der Waals surface area contributed by atoms with Gasteiger partial charge < -0.3 is 15.7 Å². The summed E-state index contributed by atoms with van der Waals surface area (Å²) in [5.41, 5.74) is 2.33. The molecule has 5 heteroatoms. The average molecular weight is 292 g/mol. The highest BCUT2D eigenvalue weighted by Gasteiger charge is 2.07. The number of hydrogen-bond acceptors (Lipinski definition) is 2. The summed E-state index contributed by atoms with van der Waals surface area (Å²) < 4.78 is 0. The van der Waals surface area contributed by atoms with Gasteiger partial charge in [0.25, 0.3) is 0 Å². The number of carboxylic acid groups (broad SMARTS) is 1. The van der Waals surface area contributed by atoms with Crippen LogP contribution in [0.5, 0.6) is 0 Å². The number of amides is 2. The molecule has 0 aliphatic carbocycles. The van der Waals surface area contributed by atoms with Crippen LogP contribution < -0.4 is 10.6 Å². The van der Waals surface area contributed by atoms with Gasteiger partial charge in [0, 0.05) is 19.0 Å². The number of aliphatic carboxylic acids is 1. The summed E-state index contributed by atoms with van der Waals surface area (Å²) in [6.07, 6.45) is 2.36. The van der Waals surface area contributed by atoms with Crippen molar-refractivity contribution >= 4 is 12.0 Å². The van der Waals surface area contributed by atoms with Gasteiger partial charge >= 0.3 is 12.0 Å². The van der Waals surface area contributed by atoms with E-state index in [0.717, 1.165) is 12.0 Å². The van der Waals surface area contributed by atoms with Gasteiger partial charge in [0.05, 0.1) is 0 Å². The zero-order chi connectivity index (χ0) is 15.7. The average Bonchev–Trinajstić information content (AvgIpc) is 2.45. The minimum absolute atomic E-state index is 0.0354. The van der Waals surface area contributed by atoms with E-state index in [1.165, 1.54) is 5.56 Å². The van der Waals surface area contributed by atoms with Crippen LogP contribution in [0.2, 0.25) is 0 Å². The molecule has 1 aromatic carbocycles. The normalized spacial score (nSPS) is 11.7. The van der Waals surface area contributed by atoms with E-state index in [4.69, 9.17) is 5.11 Å². The molecule has 1 aromatic rings. The number of nitrogens with one attached hydrogen (secondary N) is 2. The van der Waals surface area contributed by atoms with Gasteiger partial charge in [0.15, 0.2) is 0 Å². The lowest BCUT2D eigenvalue weighted by Gasteiger charge is -2.14. The van der Waals surface area contributed by atoms with Crippen molar-refractivity contribution in [3.8, 4) is 0 Å². The SMILES string of the molecule is CCc1ccc(CNC(=O)NC(C)CCCC(=O)O)cc1. The van der Waals surface area contributed by atoms with Gasteiger partial charge in [-0.2, -0.15) is 0 Å².